The third kappa shape index (κ3) is 4.38. The normalized spacial score (nSPS) is 25.6. The molecule has 1 aromatic carbocycles. The van der Waals surface area contributed by atoms with Crippen molar-refractivity contribution in [2.45, 2.75) is 57.2 Å². The second-order valence-electron chi connectivity index (χ2n) is 8.00. The number of hydrogen-bond donors (Lipinski definition) is 2. The number of carbonyl (C=O) groups is 1. The molecule has 4 heteroatoms. The van der Waals surface area contributed by atoms with E-state index in [0.29, 0.717) is 12.0 Å². The average molecular weight is 328 g/mol. The number of amides is 1. The molecule has 2 fully saturated rings. The molecule has 0 unspecified atom stereocenters. The van der Waals surface area contributed by atoms with Gasteiger partial charge in [-0.2, -0.15) is 0 Å². The molecule has 0 bridgehead atoms. The van der Waals surface area contributed by atoms with E-state index in [-0.39, 0.29) is 11.6 Å². The molecule has 1 aromatic rings. The number of rotatable bonds is 4. The molecule has 2 atom stereocenters. The minimum absolute atomic E-state index is 0.0648. The fourth-order valence-electron chi connectivity index (χ4n) is 3.40. The van der Waals surface area contributed by atoms with Crippen LogP contribution in [0.2, 0.25) is 0 Å². The molecule has 2 N–H and O–H groups in total. The predicted molar refractivity (Wildman–Crippen MR) is 96.7 cm³/mol. The Labute approximate surface area is 144 Å². The maximum Gasteiger partial charge on any atom is 0.408 e. The van der Waals surface area contributed by atoms with Crippen LogP contribution in [0.25, 0.3) is 6.08 Å². The van der Waals surface area contributed by atoms with Crippen LogP contribution < -0.4 is 10.6 Å². The Morgan fingerprint density at radius 2 is 2.00 bits per heavy atom. The first-order valence-electron chi connectivity index (χ1n) is 8.84. The van der Waals surface area contributed by atoms with Crippen molar-refractivity contribution in [3.8, 4) is 0 Å². The van der Waals surface area contributed by atoms with Crippen LogP contribution in [0.15, 0.2) is 36.4 Å². The number of benzene rings is 1. The van der Waals surface area contributed by atoms with E-state index in [9.17, 15) is 4.79 Å². The van der Waals surface area contributed by atoms with Gasteiger partial charge < -0.3 is 15.4 Å². The second kappa shape index (κ2) is 6.60. The highest BCUT2D eigenvalue weighted by Crippen LogP contribution is 2.46. The van der Waals surface area contributed by atoms with Crippen LogP contribution in [-0.4, -0.2) is 29.8 Å². The van der Waals surface area contributed by atoms with E-state index in [1.165, 1.54) is 5.56 Å². The lowest BCUT2D eigenvalue weighted by Crippen LogP contribution is -2.45. The first-order chi connectivity index (χ1) is 11.4. The maximum atomic E-state index is 12.1. The molecule has 4 nitrogen and oxygen atoms in total. The van der Waals surface area contributed by atoms with Crippen LogP contribution in [0, 0.1) is 5.92 Å². The highest BCUT2D eigenvalue weighted by molar-refractivity contribution is 5.69. The van der Waals surface area contributed by atoms with Gasteiger partial charge in [-0.05, 0) is 51.5 Å². The van der Waals surface area contributed by atoms with Gasteiger partial charge >= 0.3 is 6.09 Å². The summed E-state index contributed by atoms with van der Waals surface area (Å²) >= 11 is 0. The summed E-state index contributed by atoms with van der Waals surface area (Å²) in [4.78, 5) is 12.1. The fourth-order valence-corrected chi connectivity index (χ4v) is 3.40. The molecule has 0 aromatic heterocycles. The molecule has 3 rings (SSSR count). The van der Waals surface area contributed by atoms with Crippen molar-refractivity contribution in [3.63, 3.8) is 0 Å². The van der Waals surface area contributed by atoms with Crippen LogP contribution in [0.3, 0.4) is 0 Å². The Morgan fingerprint density at radius 3 is 2.62 bits per heavy atom. The average Bonchev–Trinajstić information content (AvgIpc) is 3.11. The Hall–Kier alpha value is -1.81. The summed E-state index contributed by atoms with van der Waals surface area (Å²) < 4.78 is 5.42. The molecule has 1 aliphatic carbocycles. The highest BCUT2D eigenvalue weighted by Gasteiger charge is 2.52. The number of hydrogen-bond acceptors (Lipinski definition) is 3. The van der Waals surface area contributed by atoms with E-state index >= 15 is 0 Å². The monoisotopic (exact) mass is 328 g/mol. The topological polar surface area (TPSA) is 50.4 Å². The van der Waals surface area contributed by atoms with Crippen molar-refractivity contribution in [2.24, 2.45) is 5.92 Å². The molecule has 0 radical (unpaired) electrons. The van der Waals surface area contributed by atoms with Gasteiger partial charge in [0.15, 0.2) is 0 Å². The number of alkyl carbamates (subject to hydrolysis) is 1. The first kappa shape index (κ1) is 17.0. The molecule has 24 heavy (non-hydrogen) atoms. The largest absolute Gasteiger partial charge is 0.444 e. The van der Waals surface area contributed by atoms with Crippen molar-refractivity contribution in [2.75, 3.05) is 6.54 Å². The zero-order valence-electron chi connectivity index (χ0n) is 14.8. The summed E-state index contributed by atoms with van der Waals surface area (Å²) in [6, 6.07) is 10.7. The lowest BCUT2D eigenvalue weighted by Gasteiger charge is -2.26. The number of nitrogens with one attached hydrogen (secondary N) is 2. The third-order valence-corrected chi connectivity index (χ3v) is 4.81. The molecule has 1 amide bonds. The standard InChI is InChI=1S/C20H28N2O2/c1-19(2,3)24-18(23)22-20(11-12-20)16-13-17(21-14-16)10-9-15-7-5-4-6-8-15/h4-10,16-17,21H,11-14H2,1-3H3,(H,22,23)/t16-,17+/m0/s1. The van der Waals surface area contributed by atoms with E-state index in [4.69, 9.17) is 4.74 Å². The Bertz CT molecular complexity index is 600. The smallest absolute Gasteiger partial charge is 0.408 e. The minimum Gasteiger partial charge on any atom is -0.444 e. The van der Waals surface area contributed by atoms with Crippen molar-refractivity contribution >= 4 is 12.2 Å². The van der Waals surface area contributed by atoms with Crippen molar-refractivity contribution in [1.82, 2.24) is 10.6 Å². The van der Waals surface area contributed by atoms with E-state index in [2.05, 4.69) is 47.1 Å². The molecule has 1 aliphatic heterocycles. The van der Waals surface area contributed by atoms with E-state index in [1.807, 2.05) is 26.8 Å². The lowest BCUT2D eigenvalue weighted by atomic mass is 9.94. The summed E-state index contributed by atoms with van der Waals surface area (Å²) in [6.45, 7) is 6.63. The molecular formula is C20H28N2O2. The van der Waals surface area contributed by atoms with Gasteiger partial charge in [-0.15, -0.1) is 0 Å². The maximum absolute atomic E-state index is 12.1. The van der Waals surface area contributed by atoms with Crippen LogP contribution >= 0.6 is 0 Å². The quantitative estimate of drug-likeness (QED) is 0.885. The SMILES string of the molecule is CC(C)(C)OC(=O)NC1([C@@H]2CN[C@H](C=Cc3ccccc3)C2)CC1. The molecule has 130 valence electrons. The summed E-state index contributed by atoms with van der Waals surface area (Å²) in [6.07, 6.45) is 7.27. The highest BCUT2D eigenvalue weighted by atomic mass is 16.6. The number of ether oxygens (including phenoxy) is 1. The predicted octanol–water partition coefficient (Wildman–Crippen LogP) is 3.74. The van der Waals surface area contributed by atoms with Gasteiger partial charge in [0, 0.05) is 18.1 Å². The molecule has 1 saturated heterocycles. The van der Waals surface area contributed by atoms with Gasteiger partial charge in [0.05, 0.1) is 0 Å². The van der Waals surface area contributed by atoms with Crippen LogP contribution in [0.1, 0.15) is 45.6 Å². The Morgan fingerprint density at radius 1 is 1.29 bits per heavy atom. The summed E-state index contributed by atoms with van der Waals surface area (Å²) in [5.74, 6) is 0.468. The van der Waals surface area contributed by atoms with Gasteiger partial charge in [-0.25, -0.2) is 4.79 Å². The molecule has 1 heterocycles. The van der Waals surface area contributed by atoms with E-state index in [1.54, 1.807) is 0 Å². The summed E-state index contributed by atoms with van der Waals surface area (Å²) in [7, 11) is 0. The molecular weight excluding hydrogens is 300 g/mol. The molecule has 2 aliphatic rings. The first-order valence-corrected chi connectivity index (χ1v) is 8.84. The fraction of sp³-hybridized carbons (Fsp3) is 0.550. The molecule has 0 spiro atoms. The van der Waals surface area contributed by atoms with Crippen molar-refractivity contribution in [3.05, 3.63) is 42.0 Å². The van der Waals surface area contributed by atoms with Crippen LogP contribution in [0.4, 0.5) is 4.79 Å². The van der Waals surface area contributed by atoms with E-state index in [0.717, 1.165) is 25.8 Å². The number of carbonyl (C=O) groups excluding carboxylic acids is 1. The van der Waals surface area contributed by atoms with Crippen LogP contribution in [-0.2, 0) is 4.74 Å². The Balaban J connectivity index is 1.53. The van der Waals surface area contributed by atoms with Gasteiger partial charge in [0.2, 0.25) is 0 Å². The third-order valence-electron chi connectivity index (χ3n) is 4.81. The molecule has 1 saturated carbocycles. The second-order valence-corrected chi connectivity index (χ2v) is 8.00. The van der Waals surface area contributed by atoms with Gasteiger partial charge in [0.25, 0.3) is 0 Å². The summed E-state index contributed by atoms with van der Waals surface area (Å²) in [5, 5.41) is 6.70. The van der Waals surface area contributed by atoms with Crippen molar-refractivity contribution < 1.29 is 9.53 Å². The van der Waals surface area contributed by atoms with Gasteiger partial charge in [-0.3, -0.25) is 0 Å². The lowest BCUT2D eigenvalue weighted by molar-refractivity contribution is 0.0477. The minimum atomic E-state index is -0.449. The van der Waals surface area contributed by atoms with Gasteiger partial charge in [0.1, 0.15) is 5.60 Å². The zero-order valence-corrected chi connectivity index (χ0v) is 14.8. The van der Waals surface area contributed by atoms with Crippen molar-refractivity contribution in [1.29, 1.82) is 0 Å². The Kier molecular flexibility index (Phi) is 4.68. The van der Waals surface area contributed by atoms with E-state index < -0.39 is 5.60 Å². The zero-order chi connectivity index (χ0) is 17.2. The van der Waals surface area contributed by atoms with Crippen LogP contribution in [0.5, 0.6) is 0 Å². The van der Waals surface area contributed by atoms with Gasteiger partial charge in [-0.1, -0.05) is 42.5 Å². The summed E-state index contributed by atoms with van der Waals surface area (Å²) in [5.41, 5.74) is 0.704.